The van der Waals surface area contributed by atoms with Crippen LogP contribution in [0.1, 0.15) is 21.5 Å². The standard InChI is InChI=1S/C30H22Cl2N4O2S/c31-24-10-12-26(13-11-24)34-30-35-28(19-39-30)22-6-8-23(9-7-22)29(37)36-33-17-20-4-14-27(15-5-20)38-18-21-2-1-3-25(32)16-21/h1-17,19H,18H2,(H,34,35)(H,36,37)/b33-17-. The van der Waals surface area contributed by atoms with E-state index in [0.717, 1.165) is 39.0 Å². The number of thiazole rings is 1. The molecule has 5 aromatic rings. The lowest BCUT2D eigenvalue weighted by Crippen LogP contribution is -2.17. The maximum Gasteiger partial charge on any atom is 0.271 e. The molecule has 0 aliphatic heterocycles. The van der Waals surface area contributed by atoms with Crippen molar-refractivity contribution < 1.29 is 9.53 Å². The lowest BCUT2D eigenvalue weighted by Gasteiger charge is -2.07. The monoisotopic (exact) mass is 572 g/mol. The van der Waals surface area contributed by atoms with E-state index in [0.29, 0.717) is 22.2 Å². The van der Waals surface area contributed by atoms with E-state index < -0.39 is 0 Å². The molecule has 0 radical (unpaired) electrons. The van der Waals surface area contributed by atoms with E-state index in [1.165, 1.54) is 11.3 Å². The van der Waals surface area contributed by atoms with Crippen LogP contribution in [0.5, 0.6) is 5.75 Å². The van der Waals surface area contributed by atoms with Crippen LogP contribution in [0.25, 0.3) is 11.3 Å². The molecule has 6 nitrogen and oxygen atoms in total. The predicted octanol–water partition coefficient (Wildman–Crippen LogP) is 8.20. The highest BCUT2D eigenvalue weighted by atomic mass is 35.5. The smallest absolute Gasteiger partial charge is 0.271 e. The van der Waals surface area contributed by atoms with Gasteiger partial charge in [-0.05, 0) is 83.9 Å². The van der Waals surface area contributed by atoms with E-state index >= 15 is 0 Å². The van der Waals surface area contributed by atoms with Gasteiger partial charge in [0.25, 0.3) is 5.91 Å². The van der Waals surface area contributed by atoms with Crippen molar-refractivity contribution in [2.45, 2.75) is 6.61 Å². The third-order valence-electron chi connectivity index (χ3n) is 5.60. The van der Waals surface area contributed by atoms with Crippen LogP contribution in [0.4, 0.5) is 10.8 Å². The van der Waals surface area contributed by atoms with Crippen molar-refractivity contribution in [1.82, 2.24) is 10.4 Å². The zero-order chi connectivity index (χ0) is 27.0. The maximum atomic E-state index is 12.5. The number of ether oxygens (including phenoxy) is 1. The molecule has 1 amide bonds. The van der Waals surface area contributed by atoms with Gasteiger partial charge in [0.05, 0.1) is 11.9 Å². The Morgan fingerprint density at radius 3 is 2.44 bits per heavy atom. The van der Waals surface area contributed by atoms with Gasteiger partial charge in [0.1, 0.15) is 12.4 Å². The van der Waals surface area contributed by atoms with Crippen LogP contribution in [0, 0.1) is 0 Å². The number of amides is 1. The minimum Gasteiger partial charge on any atom is -0.489 e. The van der Waals surface area contributed by atoms with E-state index in [9.17, 15) is 4.79 Å². The molecule has 4 aromatic carbocycles. The van der Waals surface area contributed by atoms with Gasteiger partial charge < -0.3 is 10.1 Å². The zero-order valence-corrected chi connectivity index (χ0v) is 22.8. The maximum absolute atomic E-state index is 12.5. The summed E-state index contributed by atoms with van der Waals surface area (Å²) in [6, 6.07) is 29.6. The topological polar surface area (TPSA) is 75.6 Å². The van der Waals surface area contributed by atoms with Crippen LogP contribution < -0.4 is 15.5 Å². The number of rotatable bonds is 9. The molecule has 1 heterocycles. The summed E-state index contributed by atoms with van der Waals surface area (Å²) in [6.07, 6.45) is 1.58. The first kappa shape index (κ1) is 26.4. The molecule has 0 atom stereocenters. The van der Waals surface area contributed by atoms with Crippen LogP contribution in [-0.4, -0.2) is 17.1 Å². The van der Waals surface area contributed by atoms with Crippen molar-refractivity contribution in [1.29, 1.82) is 0 Å². The quantitative estimate of drug-likeness (QED) is 0.138. The summed E-state index contributed by atoms with van der Waals surface area (Å²) < 4.78 is 5.79. The SMILES string of the molecule is O=C(N/N=C\c1ccc(OCc2cccc(Cl)c2)cc1)c1ccc(-c2csc(Nc3ccc(Cl)cc3)n2)cc1. The molecule has 0 saturated heterocycles. The Hall–Kier alpha value is -4.17. The van der Waals surface area contributed by atoms with E-state index in [1.807, 2.05) is 90.3 Å². The van der Waals surface area contributed by atoms with Gasteiger partial charge in [-0.3, -0.25) is 4.79 Å². The number of hydrogen-bond donors (Lipinski definition) is 2. The Morgan fingerprint density at radius 1 is 0.923 bits per heavy atom. The van der Waals surface area contributed by atoms with E-state index in [2.05, 4.69) is 20.8 Å². The summed E-state index contributed by atoms with van der Waals surface area (Å²) in [5, 5.41) is 11.4. The van der Waals surface area contributed by atoms with Crippen molar-refractivity contribution >= 4 is 57.5 Å². The summed E-state index contributed by atoms with van der Waals surface area (Å²) in [5.74, 6) is 0.423. The van der Waals surface area contributed by atoms with Crippen molar-refractivity contribution in [2.75, 3.05) is 5.32 Å². The number of hydrazone groups is 1. The van der Waals surface area contributed by atoms with Gasteiger partial charge in [-0.15, -0.1) is 11.3 Å². The zero-order valence-electron chi connectivity index (χ0n) is 20.5. The Labute approximate surface area is 239 Å². The van der Waals surface area contributed by atoms with Gasteiger partial charge in [0, 0.05) is 32.2 Å². The summed E-state index contributed by atoms with van der Waals surface area (Å²) >= 11 is 13.4. The summed E-state index contributed by atoms with van der Waals surface area (Å²) in [7, 11) is 0. The number of carbonyl (C=O) groups is 1. The molecule has 0 spiro atoms. The minimum absolute atomic E-state index is 0.303. The summed E-state index contributed by atoms with van der Waals surface area (Å²) in [5.41, 5.74) is 7.52. The fraction of sp³-hybridized carbons (Fsp3) is 0.0333. The first-order chi connectivity index (χ1) is 19.0. The van der Waals surface area contributed by atoms with Crippen molar-refractivity contribution in [3.05, 3.63) is 129 Å². The summed E-state index contributed by atoms with van der Waals surface area (Å²) in [4.78, 5) is 17.2. The van der Waals surface area contributed by atoms with E-state index in [1.54, 1.807) is 18.3 Å². The average molecular weight is 574 g/mol. The molecule has 2 N–H and O–H groups in total. The van der Waals surface area contributed by atoms with Crippen LogP contribution in [0.3, 0.4) is 0 Å². The fourth-order valence-electron chi connectivity index (χ4n) is 3.59. The van der Waals surface area contributed by atoms with E-state index in [-0.39, 0.29) is 5.91 Å². The van der Waals surface area contributed by atoms with Gasteiger partial charge >= 0.3 is 0 Å². The molecule has 0 aliphatic rings. The molecule has 0 fully saturated rings. The number of hydrogen-bond acceptors (Lipinski definition) is 6. The Morgan fingerprint density at radius 2 is 1.69 bits per heavy atom. The summed E-state index contributed by atoms with van der Waals surface area (Å²) in [6.45, 7) is 0.423. The predicted molar refractivity (Wildman–Crippen MR) is 160 cm³/mol. The molecular formula is C30H22Cl2N4O2S. The van der Waals surface area contributed by atoms with Gasteiger partial charge in [-0.1, -0.05) is 47.5 Å². The van der Waals surface area contributed by atoms with Crippen LogP contribution in [0.15, 0.2) is 108 Å². The van der Waals surface area contributed by atoms with Crippen molar-refractivity contribution in [2.24, 2.45) is 5.10 Å². The number of benzene rings is 4. The second-order valence-corrected chi connectivity index (χ2v) is 10.2. The second-order valence-electron chi connectivity index (χ2n) is 8.43. The average Bonchev–Trinajstić information content (AvgIpc) is 3.42. The highest BCUT2D eigenvalue weighted by Crippen LogP contribution is 2.28. The Kier molecular flexibility index (Phi) is 8.53. The molecule has 0 aliphatic carbocycles. The highest BCUT2D eigenvalue weighted by molar-refractivity contribution is 7.14. The van der Waals surface area contributed by atoms with Gasteiger partial charge in [0.15, 0.2) is 5.13 Å². The largest absolute Gasteiger partial charge is 0.489 e. The molecule has 0 saturated carbocycles. The van der Waals surface area contributed by atoms with Crippen LogP contribution in [-0.2, 0) is 6.61 Å². The molecule has 5 rings (SSSR count). The van der Waals surface area contributed by atoms with Gasteiger partial charge in [-0.2, -0.15) is 5.10 Å². The fourth-order valence-corrected chi connectivity index (χ4v) is 4.67. The highest BCUT2D eigenvalue weighted by Gasteiger charge is 2.08. The number of halogens is 2. The van der Waals surface area contributed by atoms with Gasteiger partial charge in [-0.25, -0.2) is 10.4 Å². The van der Waals surface area contributed by atoms with Crippen LogP contribution in [0.2, 0.25) is 10.0 Å². The molecular weight excluding hydrogens is 551 g/mol. The van der Waals surface area contributed by atoms with Gasteiger partial charge in [0.2, 0.25) is 0 Å². The Bertz CT molecular complexity index is 1590. The van der Waals surface area contributed by atoms with E-state index in [4.69, 9.17) is 27.9 Å². The molecule has 39 heavy (non-hydrogen) atoms. The second kappa shape index (κ2) is 12.6. The normalized spacial score (nSPS) is 10.9. The number of aromatic nitrogens is 1. The van der Waals surface area contributed by atoms with Crippen molar-refractivity contribution in [3.8, 4) is 17.0 Å². The number of nitrogens with zero attached hydrogens (tertiary/aromatic N) is 2. The molecule has 9 heteroatoms. The first-order valence-corrected chi connectivity index (χ1v) is 13.5. The third-order valence-corrected chi connectivity index (χ3v) is 6.84. The third kappa shape index (κ3) is 7.45. The lowest BCUT2D eigenvalue weighted by atomic mass is 10.1. The number of anilines is 2. The molecule has 0 bridgehead atoms. The molecule has 1 aromatic heterocycles. The number of nitrogens with one attached hydrogen (secondary N) is 2. The molecule has 0 unspecified atom stereocenters. The minimum atomic E-state index is -0.303. The number of carbonyl (C=O) groups excluding carboxylic acids is 1. The van der Waals surface area contributed by atoms with Crippen molar-refractivity contribution in [3.63, 3.8) is 0 Å². The Balaban J connectivity index is 1.12. The molecule has 194 valence electrons. The van der Waals surface area contributed by atoms with Crippen LogP contribution >= 0.6 is 34.5 Å². The lowest BCUT2D eigenvalue weighted by molar-refractivity contribution is 0.0955. The first-order valence-electron chi connectivity index (χ1n) is 11.9.